The van der Waals surface area contributed by atoms with E-state index < -0.39 is 21.9 Å². The van der Waals surface area contributed by atoms with Crippen molar-refractivity contribution in [1.29, 1.82) is 0 Å². The summed E-state index contributed by atoms with van der Waals surface area (Å²) in [6, 6.07) is 13.3. The highest BCUT2D eigenvalue weighted by Crippen LogP contribution is 2.34. The molecule has 1 atom stereocenters. The van der Waals surface area contributed by atoms with E-state index in [1.54, 1.807) is 0 Å². The average Bonchev–Trinajstić information content (AvgIpc) is 2.56. The first-order chi connectivity index (χ1) is 11.0. The topological polar surface area (TPSA) is 54.5 Å². The van der Waals surface area contributed by atoms with Crippen LogP contribution in [0, 0.1) is 5.82 Å². The largest absolute Gasteiger partial charge is 0.300 e. The summed E-state index contributed by atoms with van der Waals surface area (Å²) in [6.07, 6.45) is 0.355. The van der Waals surface area contributed by atoms with E-state index in [0.29, 0.717) is 0 Å². The van der Waals surface area contributed by atoms with E-state index in [4.69, 9.17) is 0 Å². The third-order valence-corrected chi connectivity index (χ3v) is 5.91. The van der Waals surface area contributed by atoms with Crippen LogP contribution in [0.5, 0.6) is 0 Å². The molecule has 120 valence electrons. The van der Waals surface area contributed by atoms with Gasteiger partial charge >= 0.3 is 0 Å². The van der Waals surface area contributed by atoms with E-state index in [1.165, 1.54) is 16.4 Å². The van der Waals surface area contributed by atoms with Gasteiger partial charge < -0.3 is 0 Å². The second kappa shape index (κ2) is 6.22. The standard InChI is InChI=1S/C17H16FNO3S/c18-14-6-8-16(9-7-14)23(21,22)19-11-10-15(20)12-17(19)13-4-2-1-3-5-13/h1-9,17H,10-12H2. The molecule has 1 fully saturated rings. The Hall–Kier alpha value is -2.05. The smallest absolute Gasteiger partial charge is 0.243 e. The van der Waals surface area contributed by atoms with Crippen LogP contribution in [0.15, 0.2) is 59.5 Å². The van der Waals surface area contributed by atoms with Crippen molar-refractivity contribution in [3.63, 3.8) is 0 Å². The summed E-state index contributed by atoms with van der Waals surface area (Å²) in [5.74, 6) is -0.443. The number of hydrogen-bond acceptors (Lipinski definition) is 3. The van der Waals surface area contributed by atoms with E-state index in [2.05, 4.69) is 0 Å². The summed E-state index contributed by atoms with van der Waals surface area (Å²) in [5.41, 5.74) is 0.784. The van der Waals surface area contributed by atoms with Gasteiger partial charge in [0.05, 0.1) is 10.9 Å². The zero-order valence-electron chi connectivity index (χ0n) is 12.4. The van der Waals surface area contributed by atoms with Crippen LogP contribution < -0.4 is 0 Å². The molecule has 1 saturated heterocycles. The predicted octanol–water partition coefficient (Wildman–Crippen LogP) is 2.92. The Labute approximate surface area is 134 Å². The molecule has 0 aliphatic carbocycles. The minimum Gasteiger partial charge on any atom is -0.300 e. The normalized spacial score (nSPS) is 19.7. The molecule has 0 bridgehead atoms. The number of ketones is 1. The van der Waals surface area contributed by atoms with Crippen molar-refractivity contribution in [1.82, 2.24) is 4.31 Å². The SMILES string of the molecule is O=C1CCN(S(=O)(=O)c2ccc(F)cc2)C(c2ccccc2)C1. The van der Waals surface area contributed by atoms with E-state index in [9.17, 15) is 17.6 Å². The van der Waals surface area contributed by atoms with Crippen molar-refractivity contribution in [2.45, 2.75) is 23.8 Å². The first-order valence-corrected chi connectivity index (χ1v) is 8.76. The van der Waals surface area contributed by atoms with Crippen LogP contribution >= 0.6 is 0 Å². The molecule has 0 radical (unpaired) electrons. The van der Waals surface area contributed by atoms with Gasteiger partial charge in [-0.3, -0.25) is 4.79 Å². The van der Waals surface area contributed by atoms with E-state index >= 15 is 0 Å². The first kappa shape index (κ1) is 15.8. The number of carbonyl (C=O) groups excluding carboxylic acids is 1. The molecule has 0 spiro atoms. The molecule has 1 aliphatic rings. The molecule has 1 aliphatic heterocycles. The first-order valence-electron chi connectivity index (χ1n) is 7.32. The molecule has 0 amide bonds. The molecule has 1 unspecified atom stereocenters. The van der Waals surface area contributed by atoms with Gasteiger partial charge in [0, 0.05) is 19.4 Å². The van der Waals surface area contributed by atoms with Crippen molar-refractivity contribution in [2.24, 2.45) is 0 Å². The minimum absolute atomic E-state index is 0.0363. The molecule has 23 heavy (non-hydrogen) atoms. The van der Waals surface area contributed by atoms with Gasteiger partial charge in [-0.25, -0.2) is 12.8 Å². The number of halogens is 1. The fourth-order valence-corrected chi connectivity index (χ4v) is 4.41. The molecule has 1 heterocycles. The van der Waals surface area contributed by atoms with E-state index in [0.717, 1.165) is 17.7 Å². The maximum Gasteiger partial charge on any atom is 0.243 e. The van der Waals surface area contributed by atoms with Crippen LogP contribution in [0.25, 0.3) is 0 Å². The molecule has 0 N–H and O–H groups in total. The Morgan fingerprint density at radius 2 is 1.65 bits per heavy atom. The van der Waals surface area contributed by atoms with Crippen LogP contribution in [0.2, 0.25) is 0 Å². The molecule has 4 nitrogen and oxygen atoms in total. The second-order valence-electron chi connectivity index (χ2n) is 5.49. The van der Waals surface area contributed by atoms with Crippen LogP contribution in [0.4, 0.5) is 4.39 Å². The third kappa shape index (κ3) is 3.18. The van der Waals surface area contributed by atoms with Crippen molar-refractivity contribution >= 4 is 15.8 Å². The quantitative estimate of drug-likeness (QED) is 0.868. The minimum atomic E-state index is -3.79. The Kier molecular flexibility index (Phi) is 4.28. The summed E-state index contributed by atoms with van der Waals surface area (Å²) < 4.78 is 40.2. The van der Waals surface area contributed by atoms with Crippen molar-refractivity contribution in [2.75, 3.05) is 6.54 Å². The zero-order valence-corrected chi connectivity index (χ0v) is 13.2. The Morgan fingerprint density at radius 3 is 2.30 bits per heavy atom. The molecule has 2 aromatic carbocycles. The number of sulfonamides is 1. The number of benzene rings is 2. The number of nitrogens with zero attached hydrogens (tertiary/aromatic N) is 1. The zero-order chi connectivity index (χ0) is 16.4. The second-order valence-corrected chi connectivity index (χ2v) is 7.38. The summed E-state index contributed by atoms with van der Waals surface area (Å²) in [7, 11) is -3.79. The maximum atomic E-state index is 13.1. The highest BCUT2D eigenvalue weighted by Gasteiger charge is 2.37. The lowest BCUT2D eigenvalue weighted by Gasteiger charge is -2.34. The van der Waals surface area contributed by atoms with Crippen LogP contribution in [-0.4, -0.2) is 25.1 Å². The van der Waals surface area contributed by atoms with Gasteiger partial charge in [-0.15, -0.1) is 0 Å². The van der Waals surface area contributed by atoms with Crippen molar-refractivity contribution < 1.29 is 17.6 Å². The lowest BCUT2D eigenvalue weighted by molar-refractivity contribution is -0.121. The molecule has 0 saturated carbocycles. The predicted molar refractivity (Wildman–Crippen MR) is 83.7 cm³/mol. The third-order valence-electron chi connectivity index (χ3n) is 3.98. The molecular formula is C17H16FNO3S. The molecule has 6 heteroatoms. The summed E-state index contributed by atoms with van der Waals surface area (Å²) in [4.78, 5) is 11.9. The van der Waals surface area contributed by atoms with Crippen LogP contribution in [-0.2, 0) is 14.8 Å². The summed E-state index contributed by atoms with van der Waals surface area (Å²) in [5, 5.41) is 0. The maximum absolute atomic E-state index is 13.1. The van der Waals surface area contributed by atoms with Gasteiger partial charge in [0.25, 0.3) is 0 Å². The summed E-state index contributed by atoms with van der Waals surface area (Å²) in [6.45, 7) is 0.137. The number of Topliss-reactive ketones (excluding diaryl/α,β-unsaturated/α-hetero) is 1. The van der Waals surface area contributed by atoms with Crippen LogP contribution in [0.1, 0.15) is 24.4 Å². The lowest BCUT2D eigenvalue weighted by Crippen LogP contribution is -2.41. The van der Waals surface area contributed by atoms with Crippen molar-refractivity contribution in [3.8, 4) is 0 Å². The number of piperidine rings is 1. The van der Waals surface area contributed by atoms with Gasteiger partial charge in [-0.05, 0) is 29.8 Å². The van der Waals surface area contributed by atoms with E-state index in [1.807, 2.05) is 30.3 Å². The number of hydrogen-bond donors (Lipinski definition) is 0. The fourth-order valence-electron chi connectivity index (χ4n) is 2.80. The molecular weight excluding hydrogens is 317 g/mol. The van der Waals surface area contributed by atoms with E-state index in [-0.39, 0.29) is 30.1 Å². The van der Waals surface area contributed by atoms with Crippen LogP contribution in [0.3, 0.4) is 0 Å². The molecule has 2 aromatic rings. The highest BCUT2D eigenvalue weighted by atomic mass is 32.2. The summed E-state index contributed by atoms with van der Waals surface area (Å²) >= 11 is 0. The Bertz CT molecular complexity index is 803. The van der Waals surface area contributed by atoms with Gasteiger partial charge in [-0.2, -0.15) is 4.31 Å². The fraction of sp³-hybridized carbons (Fsp3) is 0.235. The number of rotatable bonds is 3. The monoisotopic (exact) mass is 333 g/mol. The number of carbonyl (C=O) groups is 1. The Morgan fingerprint density at radius 1 is 1.00 bits per heavy atom. The van der Waals surface area contributed by atoms with Gasteiger partial charge in [0.15, 0.2) is 0 Å². The Balaban J connectivity index is 2.01. The van der Waals surface area contributed by atoms with Gasteiger partial charge in [0.1, 0.15) is 11.6 Å². The van der Waals surface area contributed by atoms with Gasteiger partial charge in [0.2, 0.25) is 10.0 Å². The van der Waals surface area contributed by atoms with Gasteiger partial charge in [-0.1, -0.05) is 30.3 Å². The van der Waals surface area contributed by atoms with Crippen molar-refractivity contribution in [3.05, 3.63) is 66.0 Å². The lowest BCUT2D eigenvalue weighted by atomic mass is 9.97. The highest BCUT2D eigenvalue weighted by molar-refractivity contribution is 7.89. The molecule has 0 aromatic heterocycles. The average molecular weight is 333 g/mol. The molecule has 3 rings (SSSR count).